The van der Waals surface area contributed by atoms with Crippen LogP contribution in [-0.2, 0) is 30.4 Å². The van der Waals surface area contributed by atoms with Crippen molar-refractivity contribution in [1.82, 2.24) is 37.2 Å². The quantitative estimate of drug-likeness (QED) is 0.0374. The summed E-state index contributed by atoms with van der Waals surface area (Å²) in [5.74, 6) is -3.83. The molecule has 0 aliphatic carbocycles. The summed E-state index contributed by atoms with van der Waals surface area (Å²) in [5, 5.41) is 34.5. The Bertz CT molecular complexity index is 1170. The number of nitrogens with one attached hydrogen (secondary N) is 8. The Morgan fingerprint density at radius 2 is 1.37 bits per heavy atom. The molecular weight excluding hydrogens is 600 g/mol. The SMILES string of the molecule is CNC(=O)[C@H](CCc1ccccc1)NC(=O)CNC(=O)[C@H](CCCNC(N)=O)NC(=O)[C@H](CO)NC(=O)[C@@H](C)CCCNC(=N)N. The third kappa shape index (κ3) is 16.2. The van der Waals surface area contributed by atoms with E-state index in [1.165, 1.54) is 7.05 Å². The number of likely N-dealkylation sites (N-methyl/N-ethyl adjacent to an activating group) is 1. The van der Waals surface area contributed by atoms with Crippen LogP contribution in [0.5, 0.6) is 0 Å². The highest BCUT2D eigenvalue weighted by molar-refractivity contribution is 5.94. The van der Waals surface area contributed by atoms with Crippen LogP contribution >= 0.6 is 0 Å². The molecule has 0 aliphatic rings. The van der Waals surface area contributed by atoms with Gasteiger partial charge < -0.3 is 53.8 Å². The van der Waals surface area contributed by atoms with Gasteiger partial charge in [-0.25, -0.2) is 4.79 Å². The number of guanidine groups is 1. The molecule has 4 atom stereocenters. The molecule has 17 nitrogen and oxygen atoms in total. The highest BCUT2D eigenvalue weighted by Gasteiger charge is 2.28. The molecule has 0 unspecified atom stereocenters. The van der Waals surface area contributed by atoms with Gasteiger partial charge in [0.25, 0.3) is 0 Å². The fourth-order valence-electron chi connectivity index (χ4n) is 4.26. The number of aliphatic hydroxyl groups excluding tert-OH is 1. The van der Waals surface area contributed by atoms with E-state index in [0.29, 0.717) is 32.2 Å². The summed E-state index contributed by atoms with van der Waals surface area (Å²) < 4.78 is 0. The number of primary amides is 1. The van der Waals surface area contributed by atoms with Crippen LogP contribution in [-0.4, -0.2) is 98.0 Å². The molecule has 1 rings (SSSR count). The molecule has 0 fully saturated rings. The molecule has 0 radical (unpaired) electrons. The van der Waals surface area contributed by atoms with Gasteiger partial charge in [0.05, 0.1) is 13.2 Å². The molecule has 17 heteroatoms. The van der Waals surface area contributed by atoms with Crippen molar-refractivity contribution >= 4 is 41.5 Å². The van der Waals surface area contributed by atoms with Crippen molar-refractivity contribution in [3.63, 3.8) is 0 Å². The lowest BCUT2D eigenvalue weighted by Crippen LogP contribution is -2.56. The molecule has 0 saturated carbocycles. The van der Waals surface area contributed by atoms with Crippen LogP contribution in [0, 0.1) is 11.3 Å². The predicted molar refractivity (Wildman–Crippen MR) is 170 cm³/mol. The van der Waals surface area contributed by atoms with E-state index in [9.17, 15) is 33.9 Å². The third-order valence-electron chi connectivity index (χ3n) is 6.88. The molecule has 0 bridgehead atoms. The van der Waals surface area contributed by atoms with E-state index in [0.717, 1.165) is 5.56 Å². The normalized spacial score (nSPS) is 13.1. The molecule has 1 aromatic carbocycles. The predicted octanol–water partition coefficient (Wildman–Crippen LogP) is -2.72. The number of urea groups is 1. The van der Waals surface area contributed by atoms with Crippen molar-refractivity contribution in [1.29, 1.82) is 5.41 Å². The average molecular weight is 649 g/mol. The number of carbonyl (C=O) groups is 6. The van der Waals surface area contributed by atoms with E-state index in [4.69, 9.17) is 16.9 Å². The summed E-state index contributed by atoms with van der Waals surface area (Å²) in [6, 6.07) is 5.21. The van der Waals surface area contributed by atoms with Crippen molar-refractivity contribution in [3.05, 3.63) is 35.9 Å². The monoisotopic (exact) mass is 648 g/mol. The summed E-state index contributed by atoms with van der Waals surface area (Å²) in [6.45, 7) is 0.871. The third-order valence-corrected chi connectivity index (χ3v) is 6.88. The van der Waals surface area contributed by atoms with Crippen LogP contribution in [0.3, 0.4) is 0 Å². The smallest absolute Gasteiger partial charge is 0.312 e. The second-order valence-electron chi connectivity index (χ2n) is 10.6. The minimum atomic E-state index is -1.37. The lowest BCUT2D eigenvalue weighted by molar-refractivity contribution is -0.134. The molecule has 7 amide bonds. The molecule has 0 aliphatic heterocycles. The average Bonchev–Trinajstić information content (AvgIpc) is 3.03. The highest BCUT2D eigenvalue weighted by Crippen LogP contribution is 2.07. The van der Waals surface area contributed by atoms with Crippen LogP contribution < -0.4 is 48.7 Å². The largest absolute Gasteiger partial charge is 0.394 e. The molecule has 256 valence electrons. The van der Waals surface area contributed by atoms with Gasteiger partial charge in [-0.2, -0.15) is 0 Å². The van der Waals surface area contributed by atoms with E-state index < -0.39 is 72.8 Å². The van der Waals surface area contributed by atoms with E-state index in [1.54, 1.807) is 6.92 Å². The van der Waals surface area contributed by atoms with Crippen molar-refractivity contribution in [3.8, 4) is 0 Å². The van der Waals surface area contributed by atoms with E-state index in [2.05, 4.69) is 37.2 Å². The molecule has 0 aromatic heterocycles. The minimum absolute atomic E-state index is 0.0169. The van der Waals surface area contributed by atoms with Crippen molar-refractivity contribution in [2.45, 2.75) is 63.6 Å². The summed E-state index contributed by atoms with van der Waals surface area (Å²) in [4.78, 5) is 74.7. The first-order valence-corrected chi connectivity index (χ1v) is 15.0. The molecule has 1 aromatic rings. The number of rotatable bonds is 21. The molecule has 0 heterocycles. The zero-order chi connectivity index (χ0) is 34.5. The Morgan fingerprint density at radius 1 is 0.761 bits per heavy atom. The number of aryl methyl sites for hydroxylation is 1. The zero-order valence-electron chi connectivity index (χ0n) is 26.3. The Labute approximate surface area is 268 Å². The van der Waals surface area contributed by atoms with Crippen LogP contribution in [0.25, 0.3) is 0 Å². The molecule has 0 saturated heterocycles. The summed E-state index contributed by atoms with van der Waals surface area (Å²) in [7, 11) is 1.45. The second-order valence-corrected chi connectivity index (χ2v) is 10.6. The number of aliphatic hydroxyl groups is 1. The number of hydrogen-bond acceptors (Lipinski definition) is 8. The van der Waals surface area contributed by atoms with Gasteiger partial charge in [0.15, 0.2) is 5.96 Å². The van der Waals surface area contributed by atoms with E-state index in [-0.39, 0.29) is 25.3 Å². The van der Waals surface area contributed by atoms with E-state index in [1.807, 2.05) is 30.3 Å². The van der Waals surface area contributed by atoms with Crippen LogP contribution in [0.2, 0.25) is 0 Å². The first-order chi connectivity index (χ1) is 21.9. The number of nitrogens with two attached hydrogens (primary N) is 2. The fourth-order valence-corrected chi connectivity index (χ4v) is 4.26. The topological polar surface area (TPSA) is 283 Å². The Kier molecular flexibility index (Phi) is 18.5. The number of hydrogen-bond donors (Lipinski definition) is 11. The van der Waals surface area contributed by atoms with Gasteiger partial charge in [-0.15, -0.1) is 0 Å². The van der Waals surface area contributed by atoms with Gasteiger partial charge in [0.1, 0.15) is 18.1 Å². The second kappa shape index (κ2) is 21.7. The van der Waals surface area contributed by atoms with Crippen LogP contribution in [0.1, 0.15) is 44.6 Å². The lowest BCUT2D eigenvalue weighted by Gasteiger charge is -2.23. The highest BCUT2D eigenvalue weighted by atomic mass is 16.3. The zero-order valence-corrected chi connectivity index (χ0v) is 26.3. The maximum Gasteiger partial charge on any atom is 0.312 e. The standard InChI is InChI=1S/C29H48N10O7/c1-18(8-6-14-34-28(30)31)24(42)39-22(17-40)27(45)38-20(11-7-15-35-29(32)46)26(44)36-16-23(41)37-21(25(43)33-2)13-12-19-9-4-3-5-10-19/h3-5,9-10,18,20-22,40H,6-8,11-17H2,1-2H3,(H,33,43)(H,36,44)(H,37,41)(H,38,45)(H,39,42)(H4,30,31,34)(H3,32,35,46)/t18-,20-,21-,22-/m0/s1. The number of amides is 7. The molecule has 46 heavy (non-hydrogen) atoms. The Hall–Kier alpha value is -4.93. The van der Waals surface area contributed by atoms with Gasteiger partial charge in [-0.3, -0.25) is 29.4 Å². The Morgan fingerprint density at radius 3 is 1.98 bits per heavy atom. The summed E-state index contributed by atoms with van der Waals surface area (Å²) in [6.07, 6.45) is 2.01. The van der Waals surface area contributed by atoms with Gasteiger partial charge >= 0.3 is 6.03 Å². The summed E-state index contributed by atoms with van der Waals surface area (Å²) >= 11 is 0. The summed E-state index contributed by atoms with van der Waals surface area (Å²) in [5.41, 5.74) is 11.3. The van der Waals surface area contributed by atoms with Gasteiger partial charge in [-0.1, -0.05) is 37.3 Å². The molecular formula is C29H48N10O7. The molecule has 0 spiro atoms. The minimum Gasteiger partial charge on any atom is -0.394 e. The van der Waals surface area contributed by atoms with E-state index >= 15 is 0 Å². The van der Waals surface area contributed by atoms with Gasteiger partial charge in [0, 0.05) is 26.1 Å². The Balaban J connectivity index is 2.80. The lowest BCUT2D eigenvalue weighted by atomic mass is 10.0. The van der Waals surface area contributed by atoms with Crippen molar-refractivity contribution in [2.75, 3.05) is 33.3 Å². The van der Waals surface area contributed by atoms with Crippen molar-refractivity contribution < 1.29 is 33.9 Å². The maximum atomic E-state index is 13.1. The number of benzene rings is 1. The van der Waals surface area contributed by atoms with Gasteiger partial charge in [-0.05, 0) is 44.1 Å². The first-order valence-electron chi connectivity index (χ1n) is 15.0. The van der Waals surface area contributed by atoms with Crippen LogP contribution in [0.4, 0.5) is 4.79 Å². The van der Waals surface area contributed by atoms with Gasteiger partial charge in [0.2, 0.25) is 29.5 Å². The molecule has 13 N–H and O–H groups in total. The fraction of sp³-hybridized carbons (Fsp3) is 0.552. The van der Waals surface area contributed by atoms with Crippen molar-refractivity contribution in [2.24, 2.45) is 17.4 Å². The number of carbonyl (C=O) groups excluding carboxylic acids is 6. The van der Waals surface area contributed by atoms with Crippen LogP contribution in [0.15, 0.2) is 30.3 Å². The maximum absolute atomic E-state index is 13.1. The first kappa shape index (κ1) is 39.1.